The van der Waals surface area contributed by atoms with Gasteiger partial charge in [-0.05, 0) is 55.3 Å². The number of aromatic nitrogens is 1. The smallest absolute Gasteiger partial charge is 0.286 e. The van der Waals surface area contributed by atoms with Gasteiger partial charge in [0.25, 0.3) is 5.91 Å². The van der Waals surface area contributed by atoms with Crippen molar-refractivity contribution >= 4 is 46.1 Å². The molecule has 0 unspecified atom stereocenters. The molecular weight excluding hydrogens is 485 g/mol. The number of rotatable bonds is 9. The second kappa shape index (κ2) is 12.2. The minimum atomic E-state index is -0.210. The molecule has 3 aromatic rings. The first kappa shape index (κ1) is 25.2. The lowest BCUT2D eigenvalue weighted by atomic mass is 10.0. The number of allylic oxidation sites excluding steroid dienone is 2. The molecule has 1 saturated heterocycles. The number of carbonyl (C=O) groups is 1. The van der Waals surface area contributed by atoms with Crippen LogP contribution in [0.5, 0.6) is 5.75 Å². The molecule has 1 amide bonds. The third-order valence-electron chi connectivity index (χ3n) is 5.99. The second-order valence-electron chi connectivity index (χ2n) is 8.42. The van der Waals surface area contributed by atoms with Crippen LogP contribution in [0.3, 0.4) is 0 Å². The van der Waals surface area contributed by atoms with Crippen LogP contribution in [0, 0.1) is 0 Å². The zero-order valence-corrected chi connectivity index (χ0v) is 21.1. The number of aromatic amines is 1. The zero-order chi connectivity index (χ0) is 24.6. The molecule has 0 radical (unpaired) electrons. The maximum absolute atomic E-state index is 12.7. The number of fused-ring (bicyclic) bond motifs is 1. The lowest BCUT2D eigenvalue weighted by molar-refractivity contribution is -0.121. The van der Waals surface area contributed by atoms with E-state index in [1.807, 2.05) is 48.5 Å². The second-order valence-corrected chi connectivity index (χ2v) is 9.24. The fourth-order valence-corrected chi connectivity index (χ4v) is 4.42. The van der Waals surface area contributed by atoms with E-state index in [1.165, 1.54) is 7.11 Å². The Labute approximate surface area is 215 Å². The number of hydrogen-bond donors (Lipinski definition) is 2. The predicted molar refractivity (Wildman–Crippen MR) is 142 cm³/mol. The molecule has 35 heavy (non-hydrogen) atoms. The molecule has 184 valence electrons. The quantitative estimate of drug-likeness (QED) is 0.219. The molecular formula is C27H29Cl2N3O3. The molecule has 2 heterocycles. The van der Waals surface area contributed by atoms with E-state index in [1.54, 1.807) is 18.2 Å². The van der Waals surface area contributed by atoms with Crippen molar-refractivity contribution in [3.8, 4) is 5.75 Å². The molecule has 0 spiro atoms. The molecule has 0 aliphatic carbocycles. The molecule has 1 aliphatic rings. The van der Waals surface area contributed by atoms with Gasteiger partial charge in [-0.2, -0.15) is 0 Å². The topological polar surface area (TPSA) is 66.6 Å². The Morgan fingerprint density at radius 2 is 1.89 bits per heavy atom. The molecule has 4 rings (SSSR count). The van der Waals surface area contributed by atoms with Gasteiger partial charge in [-0.3, -0.25) is 9.69 Å². The molecule has 2 aromatic carbocycles. The fourth-order valence-electron chi connectivity index (χ4n) is 4.08. The summed E-state index contributed by atoms with van der Waals surface area (Å²) < 4.78 is 11.1. The number of ether oxygens (including phenoxy) is 2. The van der Waals surface area contributed by atoms with Crippen LogP contribution in [0.2, 0.25) is 10.0 Å². The van der Waals surface area contributed by atoms with Gasteiger partial charge < -0.3 is 19.8 Å². The minimum Gasteiger partial charge on any atom is -0.492 e. The highest BCUT2D eigenvalue weighted by Crippen LogP contribution is 2.28. The highest BCUT2D eigenvalue weighted by Gasteiger charge is 2.22. The standard InChI is InChI=1S/C27H29Cl2N3O3/c1-34-26(9-5-6-21-16-19-17-23(28)24(29)18-25(19)30-21)27(33)31-20-10-12-32(13-11-20)14-15-35-22-7-3-2-4-8-22/h2-9,16-18,20,30H,10-15H2,1H3,(H,31,33)/b6-5+,26-9-. The Kier molecular flexibility index (Phi) is 8.74. The first-order valence-electron chi connectivity index (χ1n) is 11.6. The Morgan fingerprint density at radius 3 is 2.63 bits per heavy atom. The summed E-state index contributed by atoms with van der Waals surface area (Å²) >= 11 is 12.2. The van der Waals surface area contributed by atoms with E-state index >= 15 is 0 Å². The van der Waals surface area contributed by atoms with Crippen molar-refractivity contribution in [1.82, 2.24) is 15.2 Å². The summed E-state index contributed by atoms with van der Waals surface area (Å²) in [6.07, 6.45) is 7.09. The maximum Gasteiger partial charge on any atom is 0.286 e. The Hall–Kier alpha value is -2.93. The highest BCUT2D eigenvalue weighted by molar-refractivity contribution is 6.42. The molecule has 1 aliphatic heterocycles. The predicted octanol–water partition coefficient (Wildman–Crippen LogP) is 5.68. The van der Waals surface area contributed by atoms with Crippen LogP contribution < -0.4 is 10.1 Å². The molecule has 1 aromatic heterocycles. The summed E-state index contributed by atoms with van der Waals surface area (Å²) in [7, 11) is 1.50. The number of benzene rings is 2. The van der Waals surface area contributed by atoms with Crippen molar-refractivity contribution in [1.29, 1.82) is 0 Å². The number of halogens is 2. The zero-order valence-electron chi connectivity index (χ0n) is 19.6. The van der Waals surface area contributed by atoms with Gasteiger partial charge in [0, 0.05) is 42.3 Å². The van der Waals surface area contributed by atoms with E-state index in [-0.39, 0.29) is 17.7 Å². The van der Waals surface area contributed by atoms with Gasteiger partial charge >= 0.3 is 0 Å². The number of nitrogens with zero attached hydrogens (tertiary/aromatic N) is 1. The van der Waals surface area contributed by atoms with Crippen molar-refractivity contribution < 1.29 is 14.3 Å². The number of nitrogens with one attached hydrogen (secondary N) is 2. The van der Waals surface area contributed by atoms with E-state index in [9.17, 15) is 4.79 Å². The van der Waals surface area contributed by atoms with Gasteiger partial charge in [0.15, 0.2) is 5.76 Å². The number of methoxy groups -OCH3 is 1. The molecule has 0 bridgehead atoms. The Morgan fingerprint density at radius 1 is 1.14 bits per heavy atom. The third-order valence-corrected chi connectivity index (χ3v) is 6.71. The van der Waals surface area contributed by atoms with Crippen LogP contribution >= 0.6 is 23.2 Å². The van der Waals surface area contributed by atoms with Crippen LogP contribution in [-0.2, 0) is 9.53 Å². The normalized spacial score (nSPS) is 15.6. The van der Waals surface area contributed by atoms with Crippen LogP contribution in [-0.4, -0.2) is 55.2 Å². The van der Waals surface area contributed by atoms with E-state index < -0.39 is 0 Å². The first-order valence-corrected chi connectivity index (χ1v) is 12.4. The first-order chi connectivity index (χ1) is 17.0. The summed E-state index contributed by atoms with van der Waals surface area (Å²) in [5.74, 6) is 0.946. The molecule has 0 atom stereocenters. The number of carbonyl (C=O) groups excluding carboxylic acids is 1. The average molecular weight is 514 g/mol. The minimum absolute atomic E-state index is 0.125. The summed E-state index contributed by atoms with van der Waals surface area (Å²) in [4.78, 5) is 18.3. The summed E-state index contributed by atoms with van der Waals surface area (Å²) in [5.41, 5.74) is 1.76. The number of piperidine rings is 1. The van der Waals surface area contributed by atoms with Crippen LogP contribution in [0.15, 0.2) is 66.4 Å². The van der Waals surface area contributed by atoms with Crippen molar-refractivity contribution in [2.24, 2.45) is 0 Å². The van der Waals surface area contributed by atoms with Gasteiger partial charge in [0.05, 0.1) is 17.2 Å². The third kappa shape index (κ3) is 7.04. The fraction of sp³-hybridized carbons (Fsp3) is 0.296. The number of amides is 1. The van der Waals surface area contributed by atoms with Crippen molar-refractivity contribution in [2.45, 2.75) is 18.9 Å². The van der Waals surface area contributed by atoms with E-state index in [2.05, 4.69) is 15.2 Å². The molecule has 0 saturated carbocycles. The highest BCUT2D eigenvalue weighted by atomic mass is 35.5. The summed E-state index contributed by atoms with van der Waals surface area (Å²) in [5, 5.41) is 5.07. The van der Waals surface area contributed by atoms with Crippen LogP contribution in [0.25, 0.3) is 17.0 Å². The number of H-pyrrole nitrogens is 1. The van der Waals surface area contributed by atoms with Crippen molar-refractivity contribution in [3.63, 3.8) is 0 Å². The van der Waals surface area contributed by atoms with Crippen LogP contribution in [0.1, 0.15) is 18.5 Å². The number of para-hydroxylation sites is 1. The monoisotopic (exact) mass is 513 g/mol. The van der Waals surface area contributed by atoms with E-state index in [0.717, 1.165) is 54.8 Å². The van der Waals surface area contributed by atoms with Crippen molar-refractivity contribution in [3.05, 3.63) is 82.2 Å². The lowest BCUT2D eigenvalue weighted by Gasteiger charge is -2.32. The van der Waals surface area contributed by atoms with Gasteiger partial charge in [0.1, 0.15) is 12.4 Å². The molecule has 8 heteroatoms. The summed E-state index contributed by atoms with van der Waals surface area (Å²) in [6, 6.07) is 15.5. The van der Waals surface area contributed by atoms with Gasteiger partial charge in [-0.15, -0.1) is 0 Å². The SMILES string of the molecule is CO/C(=C\C=C\c1cc2cc(Cl)c(Cl)cc2[nH]1)C(=O)NC1CCN(CCOc2ccccc2)CC1. The van der Waals surface area contributed by atoms with Gasteiger partial charge in [-0.1, -0.05) is 47.5 Å². The van der Waals surface area contributed by atoms with E-state index in [4.69, 9.17) is 32.7 Å². The Balaban J connectivity index is 1.24. The van der Waals surface area contributed by atoms with Gasteiger partial charge in [0.2, 0.25) is 0 Å². The van der Waals surface area contributed by atoms with E-state index in [0.29, 0.717) is 16.7 Å². The average Bonchev–Trinajstić information content (AvgIpc) is 3.25. The maximum atomic E-state index is 12.7. The number of likely N-dealkylation sites (tertiary alicyclic amines) is 1. The van der Waals surface area contributed by atoms with Crippen molar-refractivity contribution in [2.75, 3.05) is 33.4 Å². The molecule has 1 fully saturated rings. The van der Waals surface area contributed by atoms with Gasteiger partial charge in [-0.25, -0.2) is 0 Å². The number of hydrogen-bond acceptors (Lipinski definition) is 4. The largest absolute Gasteiger partial charge is 0.492 e. The Bertz CT molecular complexity index is 1160. The molecule has 6 nitrogen and oxygen atoms in total. The summed E-state index contributed by atoms with van der Waals surface area (Å²) in [6.45, 7) is 3.36. The molecule has 2 N–H and O–H groups in total. The van der Waals surface area contributed by atoms with Crippen LogP contribution in [0.4, 0.5) is 0 Å². The lowest BCUT2D eigenvalue weighted by Crippen LogP contribution is -2.46.